The Bertz CT molecular complexity index is 416. The summed E-state index contributed by atoms with van der Waals surface area (Å²) >= 11 is 0. The van der Waals surface area contributed by atoms with E-state index in [1.165, 1.54) is 25.5 Å². The van der Waals surface area contributed by atoms with Gasteiger partial charge in [0.1, 0.15) is 11.9 Å². The second-order valence-electron chi connectivity index (χ2n) is 5.65. The van der Waals surface area contributed by atoms with E-state index in [4.69, 9.17) is 4.42 Å². The summed E-state index contributed by atoms with van der Waals surface area (Å²) in [6.45, 7) is 5.23. The van der Waals surface area contributed by atoms with Crippen LogP contribution in [0.25, 0.3) is 0 Å². The zero-order chi connectivity index (χ0) is 15.1. The first-order valence-electron chi connectivity index (χ1n) is 7.63. The van der Waals surface area contributed by atoms with Gasteiger partial charge in [0, 0.05) is 12.6 Å². The van der Waals surface area contributed by atoms with Gasteiger partial charge in [0.2, 0.25) is 0 Å². The molecule has 1 aromatic rings. The molecule has 6 heteroatoms. The molecule has 0 aromatic carbocycles. The molecule has 1 aliphatic rings. The van der Waals surface area contributed by atoms with Crippen LogP contribution < -0.4 is 10.6 Å². The van der Waals surface area contributed by atoms with Crippen LogP contribution in [0.15, 0.2) is 22.8 Å². The molecule has 21 heavy (non-hydrogen) atoms. The number of amides is 2. The molecule has 2 amide bonds. The minimum atomic E-state index is -0.817. The monoisotopic (exact) mass is 295 g/mol. The highest BCUT2D eigenvalue weighted by molar-refractivity contribution is 5.74. The average Bonchev–Trinajstić information content (AvgIpc) is 3.00. The highest BCUT2D eigenvalue weighted by atomic mass is 16.4. The van der Waals surface area contributed by atoms with Crippen molar-refractivity contribution in [3.63, 3.8) is 0 Å². The minimum Gasteiger partial charge on any atom is -0.467 e. The lowest BCUT2D eigenvalue weighted by molar-refractivity contribution is 0.147. The third-order valence-corrected chi connectivity index (χ3v) is 3.69. The van der Waals surface area contributed by atoms with Crippen molar-refractivity contribution in [3.05, 3.63) is 24.2 Å². The molecule has 6 nitrogen and oxygen atoms in total. The number of carbonyl (C=O) groups excluding carboxylic acids is 1. The van der Waals surface area contributed by atoms with Crippen molar-refractivity contribution in [2.75, 3.05) is 26.2 Å². The number of aliphatic hydroxyl groups excluding tert-OH is 1. The minimum absolute atomic E-state index is 0.0869. The van der Waals surface area contributed by atoms with Crippen LogP contribution in [0.1, 0.15) is 38.1 Å². The average molecular weight is 295 g/mol. The van der Waals surface area contributed by atoms with Gasteiger partial charge in [-0.15, -0.1) is 0 Å². The normalized spacial score (nSPS) is 19.0. The van der Waals surface area contributed by atoms with Crippen LogP contribution in [0, 0.1) is 0 Å². The van der Waals surface area contributed by atoms with Crippen molar-refractivity contribution in [1.29, 1.82) is 0 Å². The number of hydrogen-bond acceptors (Lipinski definition) is 4. The first-order valence-corrected chi connectivity index (χ1v) is 7.63. The summed E-state index contributed by atoms with van der Waals surface area (Å²) in [6.07, 6.45) is 4.48. The Morgan fingerprint density at radius 3 is 2.86 bits per heavy atom. The van der Waals surface area contributed by atoms with E-state index in [-0.39, 0.29) is 18.6 Å². The van der Waals surface area contributed by atoms with Crippen LogP contribution in [0.2, 0.25) is 0 Å². The summed E-state index contributed by atoms with van der Waals surface area (Å²) in [5.41, 5.74) is 0. The molecule has 0 radical (unpaired) electrons. The van der Waals surface area contributed by atoms with Gasteiger partial charge in [-0.1, -0.05) is 6.42 Å². The standard InChI is InChI=1S/C15H25N3O3/c1-12(11-18-7-3-2-4-8-18)17-15(20)16-10-13(19)14-6-5-9-21-14/h5-6,9,12-13,19H,2-4,7-8,10-11H2,1H3,(H2,16,17,20). The second kappa shape index (κ2) is 8.05. The topological polar surface area (TPSA) is 77.7 Å². The molecule has 1 aromatic heterocycles. The van der Waals surface area contributed by atoms with Crippen LogP contribution >= 0.6 is 0 Å². The Balaban J connectivity index is 1.64. The quantitative estimate of drug-likeness (QED) is 0.743. The Labute approximate surface area is 125 Å². The second-order valence-corrected chi connectivity index (χ2v) is 5.65. The number of nitrogens with zero attached hydrogens (tertiary/aromatic N) is 1. The van der Waals surface area contributed by atoms with Gasteiger partial charge >= 0.3 is 6.03 Å². The zero-order valence-corrected chi connectivity index (χ0v) is 12.5. The number of urea groups is 1. The van der Waals surface area contributed by atoms with E-state index in [2.05, 4.69) is 15.5 Å². The van der Waals surface area contributed by atoms with E-state index in [0.717, 1.165) is 19.6 Å². The molecule has 1 fully saturated rings. The van der Waals surface area contributed by atoms with Gasteiger partial charge in [0.25, 0.3) is 0 Å². The van der Waals surface area contributed by atoms with E-state index < -0.39 is 6.10 Å². The van der Waals surface area contributed by atoms with Gasteiger partial charge in [-0.2, -0.15) is 0 Å². The van der Waals surface area contributed by atoms with Gasteiger partial charge in [-0.25, -0.2) is 4.79 Å². The molecule has 1 saturated heterocycles. The predicted octanol–water partition coefficient (Wildman–Crippen LogP) is 1.49. The van der Waals surface area contributed by atoms with E-state index in [1.807, 2.05) is 6.92 Å². The summed E-state index contributed by atoms with van der Waals surface area (Å²) < 4.78 is 5.08. The Morgan fingerprint density at radius 1 is 1.43 bits per heavy atom. The van der Waals surface area contributed by atoms with E-state index >= 15 is 0 Å². The summed E-state index contributed by atoms with van der Waals surface area (Å²) in [4.78, 5) is 14.2. The maximum atomic E-state index is 11.8. The third kappa shape index (κ3) is 5.40. The van der Waals surface area contributed by atoms with Crippen LogP contribution in [0.3, 0.4) is 0 Å². The van der Waals surface area contributed by atoms with Crippen LogP contribution in [-0.2, 0) is 0 Å². The molecular weight excluding hydrogens is 270 g/mol. The summed E-state index contributed by atoms with van der Waals surface area (Å²) in [5, 5.41) is 15.4. The molecule has 2 atom stereocenters. The lowest BCUT2D eigenvalue weighted by atomic mass is 10.1. The zero-order valence-electron chi connectivity index (χ0n) is 12.5. The molecule has 1 aliphatic heterocycles. The molecule has 0 bridgehead atoms. The fourth-order valence-corrected chi connectivity index (χ4v) is 2.62. The summed E-state index contributed by atoms with van der Waals surface area (Å²) in [5.74, 6) is 0.455. The summed E-state index contributed by atoms with van der Waals surface area (Å²) in [6, 6.07) is 3.22. The highest BCUT2D eigenvalue weighted by Gasteiger charge is 2.16. The molecule has 0 aliphatic carbocycles. The van der Waals surface area contributed by atoms with Crippen LogP contribution in [0.5, 0.6) is 0 Å². The molecule has 0 saturated carbocycles. The number of hydrogen-bond donors (Lipinski definition) is 3. The number of rotatable bonds is 6. The molecule has 3 N–H and O–H groups in total. The molecule has 2 heterocycles. The molecule has 0 spiro atoms. The Morgan fingerprint density at radius 2 is 2.19 bits per heavy atom. The van der Waals surface area contributed by atoms with Crippen molar-refractivity contribution in [1.82, 2.24) is 15.5 Å². The number of aliphatic hydroxyl groups is 1. The van der Waals surface area contributed by atoms with Gasteiger partial charge in [0.05, 0.1) is 12.8 Å². The SMILES string of the molecule is CC(CN1CCCCC1)NC(=O)NCC(O)c1ccco1. The summed E-state index contributed by atoms with van der Waals surface area (Å²) in [7, 11) is 0. The first-order chi connectivity index (χ1) is 10.1. The molecular formula is C15H25N3O3. The highest BCUT2D eigenvalue weighted by Crippen LogP contribution is 2.11. The van der Waals surface area contributed by atoms with E-state index in [1.54, 1.807) is 12.1 Å². The number of likely N-dealkylation sites (tertiary alicyclic amines) is 1. The first kappa shape index (κ1) is 15.9. The van der Waals surface area contributed by atoms with Crippen molar-refractivity contribution >= 4 is 6.03 Å². The predicted molar refractivity (Wildman–Crippen MR) is 80.0 cm³/mol. The third-order valence-electron chi connectivity index (χ3n) is 3.69. The van der Waals surface area contributed by atoms with Gasteiger partial charge in [-0.3, -0.25) is 0 Å². The maximum Gasteiger partial charge on any atom is 0.315 e. The Kier molecular flexibility index (Phi) is 6.07. The van der Waals surface area contributed by atoms with Gasteiger partial charge in [-0.05, 0) is 45.0 Å². The Hall–Kier alpha value is -1.53. The van der Waals surface area contributed by atoms with Crippen molar-refractivity contribution in [3.8, 4) is 0 Å². The van der Waals surface area contributed by atoms with Crippen molar-refractivity contribution in [2.24, 2.45) is 0 Å². The van der Waals surface area contributed by atoms with Gasteiger partial charge in [0.15, 0.2) is 0 Å². The lowest BCUT2D eigenvalue weighted by Crippen LogP contribution is -2.47. The van der Waals surface area contributed by atoms with E-state index in [9.17, 15) is 9.90 Å². The largest absolute Gasteiger partial charge is 0.467 e. The number of nitrogens with one attached hydrogen (secondary N) is 2. The van der Waals surface area contributed by atoms with Crippen molar-refractivity contribution < 1.29 is 14.3 Å². The fourth-order valence-electron chi connectivity index (χ4n) is 2.62. The van der Waals surface area contributed by atoms with Gasteiger partial charge < -0.3 is 25.1 Å². The van der Waals surface area contributed by atoms with Crippen LogP contribution in [0.4, 0.5) is 4.79 Å². The van der Waals surface area contributed by atoms with E-state index in [0.29, 0.717) is 5.76 Å². The molecule has 2 rings (SSSR count). The fraction of sp³-hybridized carbons (Fsp3) is 0.667. The number of carbonyl (C=O) groups is 1. The molecule has 2 unspecified atom stereocenters. The maximum absolute atomic E-state index is 11.8. The lowest BCUT2D eigenvalue weighted by Gasteiger charge is -2.29. The molecule has 118 valence electrons. The van der Waals surface area contributed by atoms with Crippen LogP contribution in [-0.4, -0.2) is 48.3 Å². The smallest absolute Gasteiger partial charge is 0.315 e. The number of furan rings is 1. The van der Waals surface area contributed by atoms with Crippen molar-refractivity contribution in [2.45, 2.75) is 38.3 Å². The number of piperidine rings is 1.